The van der Waals surface area contributed by atoms with Gasteiger partial charge in [-0.05, 0) is 25.8 Å². The summed E-state index contributed by atoms with van der Waals surface area (Å²) in [7, 11) is 0. The number of aliphatic hydroxyl groups excluding tert-OH is 1. The molecule has 8 heavy (non-hydrogen) atoms. The van der Waals surface area contributed by atoms with Gasteiger partial charge in [0.05, 0.1) is 6.10 Å². The van der Waals surface area contributed by atoms with Crippen LogP contribution in [0.5, 0.6) is 0 Å². The van der Waals surface area contributed by atoms with Crippen LogP contribution in [0.1, 0.15) is 20.3 Å². The molecule has 0 aliphatic carbocycles. The third-order valence-corrected chi connectivity index (χ3v) is 1.15. The summed E-state index contributed by atoms with van der Waals surface area (Å²) in [6, 6.07) is 0. The van der Waals surface area contributed by atoms with Crippen LogP contribution in [0.4, 0.5) is 0 Å². The van der Waals surface area contributed by atoms with Crippen LogP contribution in [0.25, 0.3) is 0 Å². The number of hydrogen-bond donors (Lipinski definition) is 2. The van der Waals surface area contributed by atoms with Crippen molar-refractivity contribution in [3.63, 3.8) is 0 Å². The van der Waals surface area contributed by atoms with Crippen LogP contribution in [0.15, 0.2) is 0 Å². The Kier molecular flexibility index (Phi) is 3.83. The van der Waals surface area contributed by atoms with E-state index in [1.165, 1.54) is 0 Å². The van der Waals surface area contributed by atoms with Crippen molar-refractivity contribution in [3.8, 4) is 0 Å². The average Bonchev–Trinajstić information content (AvgIpc) is 1.65. The van der Waals surface area contributed by atoms with Gasteiger partial charge in [-0.15, -0.1) is 0 Å². The summed E-state index contributed by atoms with van der Waals surface area (Å²) in [6.07, 6.45) is 0.616. The highest BCUT2D eigenvalue weighted by molar-refractivity contribution is 4.56. The summed E-state index contributed by atoms with van der Waals surface area (Å²) in [5.41, 5.74) is 5.31. The fraction of sp³-hybridized carbons (Fsp3) is 1.00. The van der Waals surface area contributed by atoms with Crippen molar-refractivity contribution in [1.82, 2.24) is 0 Å². The van der Waals surface area contributed by atoms with E-state index in [1.807, 2.05) is 6.92 Å². The highest BCUT2D eigenvalue weighted by atomic mass is 16.3. The van der Waals surface area contributed by atoms with Crippen molar-refractivity contribution in [1.29, 1.82) is 0 Å². The van der Waals surface area contributed by atoms with Gasteiger partial charge in [0.15, 0.2) is 0 Å². The van der Waals surface area contributed by atoms with Crippen LogP contribution >= 0.6 is 0 Å². The molecule has 0 spiro atoms. The number of nitrogens with two attached hydrogens (primary N) is 1. The third-order valence-electron chi connectivity index (χ3n) is 1.15. The van der Waals surface area contributed by atoms with Gasteiger partial charge in [-0.3, -0.25) is 0 Å². The van der Waals surface area contributed by atoms with Gasteiger partial charge in [-0.25, -0.2) is 0 Å². The molecule has 0 saturated carbocycles. The van der Waals surface area contributed by atoms with E-state index < -0.39 is 0 Å². The fourth-order valence-corrected chi connectivity index (χ4v) is 0.679. The molecule has 0 aliphatic rings. The molecule has 3 N–H and O–H groups in total. The molecule has 2 heteroatoms. The van der Waals surface area contributed by atoms with Gasteiger partial charge in [-0.2, -0.15) is 0 Å². The van der Waals surface area contributed by atoms with Crippen molar-refractivity contribution in [2.75, 3.05) is 6.54 Å². The summed E-state index contributed by atoms with van der Waals surface area (Å²) in [6.45, 7) is 4.49. The molecule has 0 saturated heterocycles. The number of aliphatic hydroxyl groups is 1. The molecule has 2 atom stereocenters. The van der Waals surface area contributed by atoms with E-state index >= 15 is 0 Å². The van der Waals surface area contributed by atoms with E-state index in [2.05, 4.69) is 0 Å². The van der Waals surface area contributed by atoms with Crippen LogP contribution < -0.4 is 5.73 Å². The van der Waals surface area contributed by atoms with Gasteiger partial charge >= 0.3 is 0 Å². The van der Waals surface area contributed by atoms with Gasteiger partial charge < -0.3 is 10.8 Å². The molecule has 0 amide bonds. The molecule has 0 aromatic heterocycles. The van der Waals surface area contributed by atoms with Crippen molar-refractivity contribution in [3.05, 3.63) is 0 Å². The first kappa shape index (κ1) is 7.92. The monoisotopic (exact) mass is 117 g/mol. The van der Waals surface area contributed by atoms with Crippen molar-refractivity contribution >= 4 is 0 Å². The number of rotatable bonds is 3. The molecule has 0 unspecified atom stereocenters. The minimum absolute atomic E-state index is 0.200. The first-order chi connectivity index (χ1) is 3.66. The van der Waals surface area contributed by atoms with Crippen molar-refractivity contribution < 1.29 is 5.11 Å². The molecule has 0 rings (SSSR count). The lowest BCUT2D eigenvalue weighted by Gasteiger charge is -2.08. The quantitative estimate of drug-likeness (QED) is 0.560. The molecule has 0 aromatic carbocycles. The molecule has 0 bridgehead atoms. The van der Waals surface area contributed by atoms with E-state index in [-0.39, 0.29) is 6.10 Å². The van der Waals surface area contributed by atoms with Crippen LogP contribution in [-0.2, 0) is 0 Å². The zero-order chi connectivity index (χ0) is 6.57. The maximum absolute atomic E-state index is 8.80. The first-order valence-electron chi connectivity index (χ1n) is 3.05. The lowest BCUT2D eigenvalue weighted by molar-refractivity contribution is 0.165. The second-order valence-electron chi connectivity index (χ2n) is 2.43. The lowest BCUT2D eigenvalue weighted by Crippen LogP contribution is -2.15. The molecule has 0 aromatic rings. The minimum atomic E-state index is -0.200. The van der Waals surface area contributed by atoms with Crippen LogP contribution in [0, 0.1) is 5.92 Å². The lowest BCUT2D eigenvalue weighted by atomic mass is 10.1. The predicted octanol–water partition coefficient (Wildman–Crippen LogP) is 0.352. The van der Waals surface area contributed by atoms with E-state index in [9.17, 15) is 0 Å². The molecule has 0 heterocycles. The Morgan fingerprint density at radius 2 is 2.00 bits per heavy atom. The normalized spacial score (nSPS) is 18.0. The van der Waals surface area contributed by atoms with E-state index in [1.54, 1.807) is 6.92 Å². The van der Waals surface area contributed by atoms with Gasteiger partial charge in [0.25, 0.3) is 0 Å². The van der Waals surface area contributed by atoms with Crippen LogP contribution in [0.2, 0.25) is 0 Å². The molecule has 50 valence electrons. The summed E-state index contributed by atoms with van der Waals surface area (Å²) in [5, 5.41) is 8.80. The van der Waals surface area contributed by atoms with E-state index in [0.717, 1.165) is 6.42 Å². The number of hydrogen-bond acceptors (Lipinski definition) is 2. The largest absolute Gasteiger partial charge is 0.393 e. The Labute approximate surface area is 50.7 Å². The topological polar surface area (TPSA) is 46.2 Å². The Morgan fingerprint density at radius 1 is 1.50 bits per heavy atom. The molecule has 2 nitrogen and oxygen atoms in total. The van der Waals surface area contributed by atoms with E-state index in [4.69, 9.17) is 10.8 Å². The Balaban J connectivity index is 3.10. The average molecular weight is 117 g/mol. The van der Waals surface area contributed by atoms with Crippen molar-refractivity contribution in [2.24, 2.45) is 11.7 Å². The van der Waals surface area contributed by atoms with Gasteiger partial charge in [0.1, 0.15) is 0 Å². The van der Waals surface area contributed by atoms with Gasteiger partial charge in [0.2, 0.25) is 0 Å². The van der Waals surface area contributed by atoms with Crippen LogP contribution in [0.3, 0.4) is 0 Å². The summed E-state index contributed by atoms with van der Waals surface area (Å²) in [4.78, 5) is 0. The highest BCUT2D eigenvalue weighted by Crippen LogP contribution is 2.01. The molecule has 0 fully saturated rings. The minimum Gasteiger partial charge on any atom is -0.393 e. The standard InChI is InChI=1S/C6H15NO/c1-5(4-7)3-6(2)8/h5-6,8H,3-4,7H2,1-2H3/t5-,6+/m0/s1. The second kappa shape index (κ2) is 3.87. The van der Waals surface area contributed by atoms with Crippen LogP contribution in [-0.4, -0.2) is 17.8 Å². The van der Waals surface area contributed by atoms with Crippen molar-refractivity contribution in [2.45, 2.75) is 26.4 Å². The zero-order valence-corrected chi connectivity index (χ0v) is 5.59. The Hall–Kier alpha value is -0.0800. The summed E-state index contributed by atoms with van der Waals surface area (Å²) >= 11 is 0. The molecular formula is C6H15NO. The second-order valence-corrected chi connectivity index (χ2v) is 2.43. The molecule has 0 radical (unpaired) electrons. The first-order valence-corrected chi connectivity index (χ1v) is 3.05. The molecule has 0 aliphatic heterocycles. The van der Waals surface area contributed by atoms with Gasteiger partial charge in [-0.1, -0.05) is 6.92 Å². The van der Waals surface area contributed by atoms with E-state index in [0.29, 0.717) is 12.5 Å². The zero-order valence-electron chi connectivity index (χ0n) is 5.59. The Bertz CT molecular complexity index is 54.5. The third kappa shape index (κ3) is 4.09. The maximum atomic E-state index is 8.80. The smallest absolute Gasteiger partial charge is 0.0515 e. The highest BCUT2D eigenvalue weighted by Gasteiger charge is 2.01. The van der Waals surface area contributed by atoms with Gasteiger partial charge in [0, 0.05) is 0 Å². The maximum Gasteiger partial charge on any atom is 0.0515 e. The summed E-state index contributed by atoms with van der Waals surface area (Å²) < 4.78 is 0. The SMILES string of the molecule is C[C@H](CN)C[C@@H](C)O. The predicted molar refractivity (Wildman–Crippen MR) is 34.5 cm³/mol. The fourth-order valence-electron chi connectivity index (χ4n) is 0.679. The molecular weight excluding hydrogens is 102 g/mol. The Morgan fingerprint density at radius 3 is 2.12 bits per heavy atom. The summed E-state index contributed by atoms with van der Waals surface area (Å²) in [5.74, 6) is 0.454.